The molecule has 2 aromatic rings. The molecule has 1 N–H and O–H groups in total. The summed E-state index contributed by atoms with van der Waals surface area (Å²) in [5, 5.41) is 12.2. The standard InChI is InChI=1S/C27H31FN4O/c28-22-10-11-25-24(16-22)27(19-32(25)26(33)30-23-4-2-1-3-5-23)12-14-31(15-13-27)18-21-8-6-20(17-29)7-9-21/h6-11,16,23H,1-5,12-15,18-19H2,(H,30,33). The molecule has 1 saturated carbocycles. The van der Waals surface area contributed by atoms with E-state index >= 15 is 0 Å². The molecule has 3 aliphatic rings. The minimum Gasteiger partial charge on any atom is -0.335 e. The highest BCUT2D eigenvalue weighted by atomic mass is 19.1. The quantitative estimate of drug-likeness (QED) is 0.714. The van der Waals surface area contributed by atoms with E-state index in [1.807, 2.05) is 29.2 Å². The van der Waals surface area contributed by atoms with Crippen LogP contribution in [0.1, 0.15) is 61.6 Å². The third-order valence-electron chi connectivity index (χ3n) is 7.76. The van der Waals surface area contributed by atoms with Crippen LogP contribution < -0.4 is 10.2 Å². The van der Waals surface area contributed by atoms with Gasteiger partial charge in [-0.05, 0) is 80.2 Å². The number of hydrogen-bond acceptors (Lipinski definition) is 3. The van der Waals surface area contributed by atoms with Gasteiger partial charge in [-0.15, -0.1) is 0 Å². The van der Waals surface area contributed by atoms with Crippen molar-refractivity contribution in [3.05, 3.63) is 65.0 Å². The minimum absolute atomic E-state index is 0.0355. The van der Waals surface area contributed by atoms with E-state index < -0.39 is 0 Å². The van der Waals surface area contributed by atoms with Gasteiger partial charge in [-0.2, -0.15) is 5.26 Å². The molecule has 0 unspecified atom stereocenters. The number of nitrogens with one attached hydrogen (secondary N) is 1. The molecule has 1 aliphatic carbocycles. The summed E-state index contributed by atoms with van der Waals surface area (Å²) in [5.74, 6) is -0.234. The van der Waals surface area contributed by atoms with Gasteiger partial charge in [0.1, 0.15) is 5.82 Å². The van der Waals surface area contributed by atoms with Gasteiger partial charge in [-0.3, -0.25) is 9.80 Å². The molecule has 0 bridgehead atoms. The Morgan fingerprint density at radius 3 is 2.52 bits per heavy atom. The van der Waals surface area contributed by atoms with E-state index in [-0.39, 0.29) is 23.3 Å². The van der Waals surface area contributed by atoms with Crippen molar-refractivity contribution in [1.82, 2.24) is 10.2 Å². The smallest absolute Gasteiger partial charge is 0.322 e. The van der Waals surface area contributed by atoms with E-state index in [1.165, 1.54) is 30.9 Å². The van der Waals surface area contributed by atoms with Gasteiger partial charge in [0.05, 0.1) is 11.6 Å². The normalized spacial score (nSPS) is 20.4. The van der Waals surface area contributed by atoms with Crippen LogP contribution in [0.15, 0.2) is 42.5 Å². The van der Waals surface area contributed by atoms with Crippen molar-refractivity contribution in [3.8, 4) is 6.07 Å². The average Bonchev–Trinajstić information content (AvgIpc) is 3.15. The minimum atomic E-state index is -0.234. The van der Waals surface area contributed by atoms with E-state index in [0.29, 0.717) is 12.1 Å². The van der Waals surface area contributed by atoms with Gasteiger partial charge in [-0.1, -0.05) is 31.4 Å². The Morgan fingerprint density at radius 1 is 1.09 bits per heavy atom. The highest BCUT2D eigenvalue weighted by Crippen LogP contribution is 2.47. The summed E-state index contributed by atoms with van der Waals surface area (Å²) >= 11 is 0. The maximum absolute atomic E-state index is 14.3. The van der Waals surface area contributed by atoms with E-state index in [0.717, 1.165) is 56.6 Å². The number of carbonyl (C=O) groups is 1. The predicted molar refractivity (Wildman–Crippen MR) is 126 cm³/mol. The summed E-state index contributed by atoms with van der Waals surface area (Å²) in [5.41, 5.74) is 3.52. The molecular weight excluding hydrogens is 415 g/mol. The summed E-state index contributed by atoms with van der Waals surface area (Å²) < 4.78 is 14.3. The summed E-state index contributed by atoms with van der Waals surface area (Å²) in [4.78, 5) is 17.5. The van der Waals surface area contributed by atoms with Gasteiger partial charge in [0.25, 0.3) is 0 Å². The largest absolute Gasteiger partial charge is 0.335 e. The molecule has 0 aromatic heterocycles. The Hall–Kier alpha value is -2.91. The van der Waals surface area contributed by atoms with E-state index in [9.17, 15) is 9.18 Å². The molecule has 0 radical (unpaired) electrons. The van der Waals surface area contributed by atoms with Crippen molar-refractivity contribution in [3.63, 3.8) is 0 Å². The maximum Gasteiger partial charge on any atom is 0.322 e. The lowest BCUT2D eigenvalue weighted by Crippen LogP contribution is -2.49. The number of anilines is 1. The topological polar surface area (TPSA) is 59.4 Å². The van der Waals surface area contributed by atoms with Gasteiger partial charge in [0.2, 0.25) is 0 Å². The van der Waals surface area contributed by atoms with Gasteiger partial charge < -0.3 is 5.32 Å². The van der Waals surface area contributed by atoms with Gasteiger partial charge in [0, 0.05) is 30.2 Å². The number of piperidine rings is 1. The number of nitrogens with zero attached hydrogens (tertiary/aromatic N) is 3. The van der Waals surface area contributed by atoms with Gasteiger partial charge in [-0.25, -0.2) is 9.18 Å². The molecule has 33 heavy (non-hydrogen) atoms. The maximum atomic E-state index is 14.3. The summed E-state index contributed by atoms with van der Waals surface area (Å²) in [7, 11) is 0. The van der Waals surface area contributed by atoms with Crippen LogP contribution in [0.25, 0.3) is 0 Å². The highest BCUT2D eigenvalue weighted by Gasteiger charge is 2.46. The second-order valence-corrected chi connectivity index (χ2v) is 9.90. The van der Waals surface area contributed by atoms with Crippen molar-refractivity contribution in [1.29, 1.82) is 5.26 Å². The molecule has 5 rings (SSSR count). The second-order valence-electron chi connectivity index (χ2n) is 9.90. The molecule has 0 atom stereocenters. The molecule has 172 valence electrons. The fraction of sp³-hybridized carbons (Fsp3) is 0.481. The lowest BCUT2D eigenvalue weighted by Gasteiger charge is -2.40. The Balaban J connectivity index is 1.29. The molecule has 2 aromatic carbocycles. The van der Waals surface area contributed by atoms with Crippen LogP contribution in [0.5, 0.6) is 0 Å². The summed E-state index contributed by atoms with van der Waals surface area (Å²) in [6.07, 6.45) is 7.48. The van der Waals surface area contributed by atoms with Crippen LogP contribution in [0.4, 0.5) is 14.9 Å². The third kappa shape index (κ3) is 4.47. The Labute approximate surface area is 195 Å². The average molecular weight is 447 g/mol. The first-order valence-electron chi connectivity index (χ1n) is 12.2. The summed E-state index contributed by atoms with van der Waals surface area (Å²) in [6.45, 7) is 3.25. The number of rotatable bonds is 3. The van der Waals surface area contributed by atoms with Crippen LogP contribution in [0, 0.1) is 17.1 Å². The first kappa shape index (κ1) is 21.9. The number of likely N-dealkylation sites (tertiary alicyclic amines) is 1. The van der Waals surface area contributed by atoms with Crippen molar-refractivity contribution in [2.45, 2.75) is 62.9 Å². The number of amides is 2. The molecule has 6 heteroatoms. The number of carbonyl (C=O) groups excluding carboxylic acids is 1. The van der Waals surface area contributed by atoms with Crippen LogP contribution in [0.3, 0.4) is 0 Å². The van der Waals surface area contributed by atoms with Crippen LogP contribution in [0.2, 0.25) is 0 Å². The number of halogens is 1. The molecule has 5 nitrogen and oxygen atoms in total. The van der Waals surface area contributed by atoms with E-state index in [2.05, 4.69) is 16.3 Å². The number of hydrogen-bond donors (Lipinski definition) is 1. The van der Waals surface area contributed by atoms with Crippen LogP contribution >= 0.6 is 0 Å². The van der Waals surface area contributed by atoms with Crippen molar-refractivity contribution < 1.29 is 9.18 Å². The number of fused-ring (bicyclic) bond motifs is 2. The Morgan fingerprint density at radius 2 is 1.82 bits per heavy atom. The Bertz CT molecular complexity index is 1050. The molecule has 2 aliphatic heterocycles. The predicted octanol–water partition coefficient (Wildman–Crippen LogP) is 5.09. The lowest BCUT2D eigenvalue weighted by molar-refractivity contribution is 0.159. The Kier molecular flexibility index (Phi) is 6.07. The zero-order chi connectivity index (χ0) is 22.8. The molecule has 1 saturated heterocycles. The first-order valence-corrected chi connectivity index (χ1v) is 12.2. The first-order chi connectivity index (χ1) is 16.1. The van der Waals surface area contributed by atoms with Crippen LogP contribution in [-0.4, -0.2) is 36.6 Å². The summed E-state index contributed by atoms with van der Waals surface area (Å²) in [6, 6.07) is 15.0. The molecule has 2 amide bonds. The second kappa shape index (κ2) is 9.15. The van der Waals surface area contributed by atoms with Gasteiger partial charge >= 0.3 is 6.03 Å². The highest BCUT2D eigenvalue weighted by molar-refractivity contribution is 5.95. The van der Waals surface area contributed by atoms with Gasteiger partial charge in [0.15, 0.2) is 0 Å². The fourth-order valence-electron chi connectivity index (χ4n) is 5.83. The molecule has 2 fully saturated rings. The zero-order valence-corrected chi connectivity index (χ0v) is 19.0. The third-order valence-corrected chi connectivity index (χ3v) is 7.76. The monoisotopic (exact) mass is 446 g/mol. The number of nitriles is 1. The lowest BCUT2D eigenvalue weighted by atomic mass is 9.74. The fourth-order valence-corrected chi connectivity index (χ4v) is 5.83. The van der Waals surface area contributed by atoms with Crippen molar-refractivity contribution in [2.75, 3.05) is 24.5 Å². The molecular formula is C27H31FN4O. The SMILES string of the molecule is N#Cc1ccc(CN2CCC3(CC2)CN(C(=O)NC2CCCCC2)c2ccc(F)cc23)cc1. The van der Waals surface area contributed by atoms with Crippen molar-refractivity contribution in [2.24, 2.45) is 0 Å². The zero-order valence-electron chi connectivity index (χ0n) is 19.0. The number of benzene rings is 2. The molecule has 1 spiro atoms. The van der Waals surface area contributed by atoms with E-state index in [4.69, 9.17) is 5.26 Å². The molecule has 2 heterocycles. The van der Waals surface area contributed by atoms with E-state index in [1.54, 1.807) is 12.1 Å². The number of urea groups is 1. The van der Waals surface area contributed by atoms with Crippen LogP contribution in [-0.2, 0) is 12.0 Å². The van der Waals surface area contributed by atoms with Crippen molar-refractivity contribution >= 4 is 11.7 Å².